The zero-order chi connectivity index (χ0) is 13.4. The first-order valence-electron chi connectivity index (χ1n) is 5.53. The molecule has 3 aromatic heterocycles. The van der Waals surface area contributed by atoms with Gasteiger partial charge in [0.1, 0.15) is 5.82 Å². The van der Waals surface area contributed by atoms with Crippen LogP contribution in [0, 0.1) is 6.92 Å². The summed E-state index contributed by atoms with van der Waals surface area (Å²) in [7, 11) is 0. The van der Waals surface area contributed by atoms with E-state index in [1.807, 2.05) is 0 Å². The number of aromatic carboxylic acids is 1. The Kier molecular flexibility index (Phi) is 2.45. The fraction of sp³-hybridized carbons (Fsp3) is 0.0833. The molecule has 0 radical (unpaired) electrons. The predicted octanol–water partition coefficient (Wildman–Crippen LogP) is 1.19. The minimum Gasteiger partial charge on any atom is -0.477 e. The first kappa shape index (κ1) is 11.3. The minimum absolute atomic E-state index is 0.0429. The number of fused-ring (bicyclic) bond motifs is 1. The van der Waals surface area contributed by atoms with Gasteiger partial charge in [0.15, 0.2) is 17.2 Å². The third-order valence-corrected chi connectivity index (χ3v) is 2.72. The van der Waals surface area contributed by atoms with Gasteiger partial charge in [-0.3, -0.25) is 9.38 Å². The van der Waals surface area contributed by atoms with E-state index in [1.54, 1.807) is 35.9 Å². The van der Waals surface area contributed by atoms with Crippen molar-refractivity contribution in [2.24, 2.45) is 0 Å². The van der Waals surface area contributed by atoms with Crippen LogP contribution in [0.25, 0.3) is 17.0 Å². The van der Waals surface area contributed by atoms with E-state index in [2.05, 4.69) is 20.2 Å². The van der Waals surface area contributed by atoms with Gasteiger partial charge in [0.2, 0.25) is 0 Å². The second-order valence-electron chi connectivity index (χ2n) is 3.95. The summed E-state index contributed by atoms with van der Waals surface area (Å²) in [5, 5.41) is 17.0. The summed E-state index contributed by atoms with van der Waals surface area (Å²) in [6.07, 6.45) is 3.32. The molecule has 7 nitrogen and oxygen atoms in total. The van der Waals surface area contributed by atoms with E-state index in [4.69, 9.17) is 5.11 Å². The number of nitrogens with zero attached hydrogens (tertiary/aromatic N) is 5. The second-order valence-corrected chi connectivity index (χ2v) is 3.95. The van der Waals surface area contributed by atoms with Gasteiger partial charge in [0.05, 0.1) is 0 Å². The monoisotopic (exact) mass is 255 g/mol. The highest BCUT2D eigenvalue weighted by atomic mass is 16.4. The molecule has 0 fully saturated rings. The third kappa shape index (κ3) is 1.81. The summed E-state index contributed by atoms with van der Waals surface area (Å²) in [6, 6.07) is 5.01. The van der Waals surface area contributed by atoms with Crippen molar-refractivity contribution in [1.82, 2.24) is 24.6 Å². The van der Waals surface area contributed by atoms with Gasteiger partial charge in [-0.2, -0.15) is 0 Å². The average Bonchev–Trinajstić information content (AvgIpc) is 2.84. The maximum Gasteiger partial charge on any atom is 0.354 e. The van der Waals surface area contributed by atoms with E-state index >= 15 is 0 Å². The molecule has 0 amide bonds. The molecule has 19 heavy (non-hydrogen) atoms. The molecule has 0 spiro atoms. The Hall–Kier alpha value is -2.83. The summed E-state index contributed by atoms with van der Waals surface area (Å²) in [6.45, 7) is 1.72. The highest BCUT2D eigenvalue weighted by Gasteiger charge is 2.14. The number of carbonyl (C=O) groups is 1. The van der Waals surface area contributed by atoms with Crippen LogP contribution in [-0.2, 0) is 0 Å². The predicted molar refractivity (Wildman–Crippen MR) is 65.7 cm³/mol. The molecule has 3 heterocycles. The van der Waals surface area contributed by atoms with Crippen LogP contribution in [0.4, 0.5) is 0 Å². The maximum atomic E-state index is 10.9. The van der Waals surface area contributed by atoms with Crippen molar-refractivity contribution in [2.75, 3.05) is 0 Å². The minimum atomic E-state index is -1.08. The Morgan fingerprint density at radius 1 is 1.26 bits per heavy atom. The molecule has 0 aliphatic rings. The van der Waals surface area contributed by atoms with Crippen LogP contribution in [0.5, 0.6) is 0 Å². The number of pyridine rings is 1. The van der Waals surface area contributed by atoms with Gasteiger partial charge in [-0.15, -0.1) is 10.2 Å². The Balaban J connectivity index is 2.27. The lowest BCUT2D eigenvalue weighted by atomic mass is 10.2. The molecule has 1 N–H and O–H groups in total. The molecular weight excluding hydrogens is 246 g/mol. The molecule has 0 aromatic carbocycles. The van der Waals surface area contributed by atoms with Gasteiger partial charge < -0.3 is 5.11 Å². The van der Waals surface area contributed by atoms with Gasteiger partial charge >= 0.3 is 5.97 Å². The first-order chi connectivity index (χ1) is 9.16. The fourth-order valence-corrected chi connectivity index (χ4v) is 1.89. The highest BCUT2D eigenvalue weighted by molar-refractivity contribution is 5.86. The summed E-state index contributed by atoms with van der Waals surface area (Å²) in [5.41, 5.74) is 1.26. The van der Waals surface area contributed by atoms with E-state index in [9.17, 15) is 4.79 Å². The third-order valence-electron chi connectivity index (χ3n) is 2.72. The van der Waals surface area contributed by atoms with E-state index in [0.717, 1.165) is 5.56 Å². The van der Waals surface area contributed by atoms with Crippen molar-refractivity contribution >= 4 is 11.6 Å². The van der Waals surface area contributed by atoms with Crippen molar-refractivity contribution < 1.29 is 9.90 Å². The molecular formula is C12H9N5O2. The molecule has 94 valence electrons. The van der Waals surface area contributed by atoms with Crippen LogP contribution in [0.3, 0.4) is 0 Å². The Bertz CT molecular complexity index is 766. The van der Waals surface area contributed by atoms with Crippen LogP contribution in [0.15, 0.2) is 30.6 Å². The molecule has 0 atom stereocenters. The smallest absolute Gasteiger partial charge is 0.354 e. The van der Waals surface area contributed by atoms with Crippen LogP contribution in [-0.4, -0.2) is 35.6 Å². The van der Waals surface area contributed by atoms with Gasteiger partial charge in [0.25, 0.3) is 0 Å². The molecule has 7 heteroatoms. The molecule has 0 unspecified atom stereocenters. The number of aromatic nitrogens is 5. The standard InChI is InChI=1S/C12H9N5O2/c1-7-14-9(12(18)19)6-10-15-16-11(17(7)10)8-2-4-13-5-3-8/h2-6H,1H3,(H,18,19). The van der Waals surface area contributed by atoms with Crippen molar-refractivity contribution in [3.8, 4) is 11.4 Å². The molecule has 0 bridgehead atoms. The van der Waals surface area contributed by atoms with Gasteiger partial charge in [0, 0.05) is 24.0 Å². The summed E-state index contributed by atoms with van der Waals surface area (Å²) in [4.78, 5) is 18.9. The van der Waals surface area contributed by atoms with Crippen molar-refractivity contribution in [3.63, 3.8) is 0 Å². The number of hydrogen-bond donors (Lipinski definition) is 1. The Morgan fingerprint density at radius 3 is 2.68 bits per heavy atom. The Labute approximate surface area is 107 Å². The normalized spacial score (nSPS) is 10.8. The quantitative estimate of drug-likeness (QED) is 0.739. The van der Waals surface area contributed by atoms with Crippen LogP contribution in [0.2, 0.25) is 0 Å². The summed E-state index contributed by atoms with van der Waals surface area (Å²) >= 11 is 0. The number of aryl methyl sites for hydroxylation is 1. The number of carboxylic acids is 1. The lowest BCUT2D eigenvalue weighted by molar-refractivity contribution is 0.0690. The fourth-order valence-electron chi connectivity index (χ4n) is 1.89. The van der Waals surface area contributed by atoms with Crippen molar-refractivity contribution in [2.45, 2.75) is 6.92 Å². The van der Waals surface area contributed by atoms with Crippen LogP contribution < -0.4 is 0 Å². The summed E-state index contributed by atoms with van der Waals surface area (Å²) in [5.74, 6) is 0.0464. The zero-order valence-electron chi connectivity index (χ0n) is 9.98. The van der Waals surface area contributed by atoms with E-state index in [-0.39, 0.29) is 5.69 Å². The maximum absolute atomic E-state index is 10.9. The van der Waals surface area contributed by atoms with Crippen LogP contribution in [0.1, 0.15) is 16.3 Å². The molecule has 3 rings (SSSR count). The van der Waals surface area contributed by atoms with Crippen LogP contribution >= 0.6 is 0 Å². The molecule has 0 aliphatic heterocycles. The number of rotatable bonds is 2. The SMILES string of the molecule is Cc1nc(C(=O)O)cc2nnc(-c3ccncc3)n12. The van der Waals surface area contributed by atoms with Crippen molar-refractivity contribution in [1.29, 1.82) is 0 Å². The van der Waals surface area contributed by atoms with E-state index in [0.29, 0.717) is 17.3 Å². The second kappa shape index (κ2) is 4.13. The number of hydrogen-bond acceptors (Lipinski definition) is 5. The first-order valence-corrected chi connectivity index (χ1v) is 5.53. The lowest BCUT2D eigenvalue weighted by Crippen LogP contribution is -2.06. The van der Waals surface area contributed by atoms with Crippen molar-refractivity contribution in [3.05, 3.63) is 42.1 Å². The highest BCUT2D eigenvalue weighted by Crippen LogP contribution is 2.18. The lowest BCUT2D eigenvalue weighted by Gasteiger charge is -2.04. The number of carboxylic acid groups (broad SMARTS) is 1. The van der Waals surface area contributed by atoms with E-state index < -0.39 is 5.97 Å². The average molecular weight is 255 g/mol. The Morgan fingerprint density at radius 2 is 2.00 bits per heavy atom. The van der Waals surface area contributed by atoms with E-state index in [1.165, 1.54) is 6.07 Å². The molecule has 0 saturated carbocycles. The van der Waals surface area contributed by atoms with Gasteiger partial charge in [-0.1, -0.05) is 0 Å². The van der Waals surface area contributed by atoms with Gasteiger partial charge in [-0.25, -0.2) is 9.78 Å². The molecule has 0 saturated heterocycles. The molecule has 0 aliphatic carbocycles. The van der Waals surface area contributed by atoms with Gasteiger partial charge in [-0.05, 0) is 19.1 Å². The largest absolute Gasteiger partial charge is 0.477 e. The topological polar surface area (TPSA) is 93.3 Å². The molecule has 3 aromatic rings. The summed E-state index contributed by atoms with van der Waals surface area (Å²) < 4.78 is 1.71. The zero-order valence-corrected chi connectivity index (χ0v) is 9.98.